The topological polar surface area (TPSA) is 47.3 Å². The molecule has 0 saturated heterocycles. The van der Waals surface area contributed by atoms with Crippen LogP contribution >= 0.6 is 0 Å². The summed E-state index contributed by atoms with van der Waals surface area (Å²) in [6, 6.07) is 7.64. The van der Waals surface area contributed by atoms with E-state index in [4.69, 9.17) is 4.42 Å². The predicted octanol–water partition coefficient (Wildman–Crippen LogP) is 1.79. The van der Waals surface area contributed by atoms with Crippen LogP contribution in [0.15, 0.2) is 38.3 Å². The van der Waals surface area contributed by atoms with Gasteiger partial charge in [0.1, 0.15) is 11.3 Å². The first-order valence-electron chi connectivity index (χ1n) is 5.60. The van der Waals surface area contributed by atoms with Crippen molar-refractivity contribution in [1.29, 1.82) is 0 Å². The molecule has 1 aromatic heterocycles. The van der Waals surface area contributed by atoms with Gasteiger partial charge >= 0.3 is 0 Å². The third-order valence-electron chi connectivity index (χ3n) is 3.53. The molecular formula is C14H8O3. The Morgan fingerprint density at radius 1 is 0.941 bits per heavy atom. The zero-order valence-corrected chi connectivity index (χ0v) is 8.95. The number of hydrogen-bond donors (Lipinski definition) is 0. The normalized spacial score (nSPS) is 13.9. The van der Waals surface area contributed by atoms with E-state index in [0.717, 1.165) is 22.3 Å². The van der Waals surface area contributed by atoms with Crippen molar-refractivity contribution in [2.24, 2.45) is 0 Å². The lowest BCUT2D eigenvalue weighted by Crippen LogP contribution is -2.39. The highest BCUT2D eigenvalue weighted by atomic mass is 16.3. The Morgan fingerprint density at radius 3 is 2.65 bits per heavy atom. The van der Waals surface area contributed by atoms with Crippen LogP contribution in [0.1, 0.15) is 11.3 Å². The van der Waals surface area contributed by atoms with Gasteiger partial charge in [-0.1, -0.05) is 18.2 Å². The maximum Gasteiger partial charge on any atom is 0.234 e. The highest BCUT2D eigenvalue weighted by molar-refractivity contribution is 5.98. The highest BCUT2D eigenvalue weighted by Crippen LogP contribution is 2.38. The van der Waals surface area contributed by atoms with Crippen molar-refractivity contribution in [1.82, 2.24) is 0 Å². The fourth-order valence-electron chi connectivity index (χ4n) is 2.73. The first-order chi connectivity index (χ1) is 8.27. The van der Waals surface area contributed by atoms with Crippen LogP contribution in [0.5, 0.6) is 0 Å². The van der Waals surface area contributed by atoms with E-state index in [1.807, 2.05) is 24.3 Å². The number of hydrogen-bond acceptors (Lipinski definition) is 3. The molecule has 1 heterocycles. The molecule has 0 radical (unpaired) electrons. The molecule has 1 aliphatic rings. The van der Waals surface area contributed by atoms with Gasteiger partial charge in [0.2, 0.25) is 10.9 Å². The Balaban J connectivity index is 2.19. The minimum Gasteiger partial charge on any atom is -0.460 e. The van der Waals surface area contributed by atoms with Gasteiger partial charge in [-0.2, -0.15) is 0 Å². The summed E-state index contributed by atoms with van der Waals surface area (Å²) < 4.78 is 5.73. The van der Waals surface area contributed by atoms with Gasteiger partial charge < -0.3 is 4.42 Å². The lowest BCUT2D eigenvalue weighted by Gasteiger charge is -2.15. The molecule has 3 heteroatoms. The number of aryl methyl sites for hydroxylation is 1. The Kier molecular flexibility index (Phi) is 1.44. The summed E-state index contributed by atoms with van der Waals surface area (Å²) in [5.74, 6) is 0.839. The molecule has 3 nitrogen and oxygen atoms in total. The van der Waals surface area contributed by atoms with Gasteiger partial charge in [0, 0.05) is 28.5 Å². The van der Waals surface area contributed by atoms with E-state index in [-0.39, 0.29) is 10.9 Å². The van der Waals surface area contributed by atoms with Crippen LogP contribution < -0.4 is 10.9 Å². The van der Waals surface area contributed by atoms with Crippen molar-refractivity contribution in [2.45, 2.75) is 12.8 Å². The molecule has 82 valence electrons. The van der Waals surface area contributed by atoms with Crippen LogP contribution in [0.25, 0.3) is 22.1 Å². The van der Waals surface area contributed by atoms with Gasteiger partial charge in [0.15, 0.2) is 0 Å². The van der Waals surface area contributed by atoms with Gasteiger partial charge in [-0.3, -0.25) is 9.59 Å². The molecule has 0 aliphatic heterocycles. The van der Waals surface area contributed by atoms with Crippen LogP contribution in [0.4, 0.5) is 0 Å². The second kappa shape index (κ2) is 2.74. The predicted molar refractivity (Wildman–Crippen MR) is 64.0 cm³/mol. The largest absolute Gasteiger partial charge is 0.460 e. The van der Waals surface area contributed by atoms with Gasteiger partial charge in [0.25, 0.3) is 0 Å². The molecule has 2 aromatic carbocycles. The Hall–Kier alpha value is -2.16. The fraction of sp³-hybridized carbons (Fsp3) is 0.143. The molecule has 0 spiro atoms. The van der Waals surface area contributed by atoms with E-state index in [0.29, 0.717) is 24.0 Å². The molecule has 3 aromatic rings. The minimum atomic E-state index is -0.354. The second-order valence-electron chi connectivity index (χ2n) is 4.41. The van der Waals surface area contributed by atoms with E-state index in [2.05, 4.69) is 0 Å². The van der Waals surface area contributed by atoms with E-state index in [9.17, 15) is 9.59 Å². The van der Waals surface area contributed by atoms with E-state index < -0.39 is 0 Å². The van der Waals surface area contributed by atoms with Gasteiger partial charge in [-0.05, 0) is 12.5 Å². The molecule has 0 unspecified atom stereocenters. The quantitative estimate of drug-likeness (QED) is 0.547. The summed E-state index contributed by atoms with van der Waals surface area (Å²) >= 11 is 0. The molecule has 0 atom stereocenters. The average molecular weight is 224 g/mol. The zero-order valence-electron chi connectivity index (χ0n) is 8.95. The number of benzene rings is 1. The first kappa shape index (κ1) is 8.93. The van der Waals surface area contributed by atoms with Gasteiger partial charge in [-0.25, -0.2) is 0 Å². The molecule has 0 N–H and O–H groups in total. The number of fused-ring (bicyclic) bond motifs is 5. The maximum atomic E-state index is 11.7. The molecule has 0 fully saturated rings. The molecule has 0 saturated carbocycles. The highest BCUT2D eigenvalue weighted by Gasteiger charge is 2.31. The van der Waals surface area contributed by atoms with Crippen LogP contribution in [0.3, 0.4) is 0 Å². The number of rotatable bonds is 0. The smallest absolute Gasteiger partial charge is 0.234 e. The number of para-hydroxylation sites is 1. The van der Waals surface area contributed by atoms with Crippen LogP contribution in [-0.2, 0) is 12.8 Å². The molecule has 4 rings (SSSR count). The summed E-state index contributed by atoms with van der Waals surface area (Å²) in [4.78, 5) is 23.1. The summed E-state index contributed by atoms with van der Waals surface area (Å²) in [5, 5.41) is 0.940. The van der Waals surface area contributed by atoms with Crippen LogP contribution in [-0.4, -0.2) is 0 Å². The zero-order chi connectivity index (χ0) is 11.6. The summed E-state index contributed by atoms with van der Waals surface area (Å²) in [5.41, 5.74) is 2.27. The summed E-state index contributed by atoms with van der Waals surface area (Å²) in [7, 11) is 0. The molecule has 0 bridgehead atoms. The van der Waals surface area contributed by atoms with Crippen LogP contribution in [0, 0.1) is 0 Å². The van der Waals surface area contributed by atoms with Gasteiger partial charge in [-0.15, -0.1) is 0 Å². The summed E-state index contributed by atoms with van der Waals surface area (Å²) in [6.45, 7) is 0. The molecule has 1 aliphatic carbocycles. The van der Waals surface area contributed by atoms with Crippen molar-refractivity contribution >= 4 is 11.0 Å². The fourth-order valence-corrected chi connectivity index (χ4v) is 2.73. The van der Waals surface area contributed by atoms with E-state index in [1.54, 1.807) is 0 Å². The standard InChI is InChI=1S/C14H8O3/c15-13-8-5-6-10-11(12(8)14(13)16)7-3-1-2-4-9(7)17-10/h1-4H,5-6H2. The molecular weight excluding hydrogens is 216 g/mol. The minimum absolute atomic E-state index is 0.309. The Bertz CT molecular complexity index is 829. The average Bonchev–Trinajstić information content (AvgIpc) is 2.74. The van der Waals surface area contributed by atoms with Crippen molar-refractivity contribution < 1.29 is 4.42 Å². The summed E-state index contributed by atoms with van der Waals surface area (Å²) in [6.07, 6.45) is 1.34. The maximum absolute atomic E-state index is 11.7. The SMILES string of the molecule is O=c1c2c(c1=O)-c1c(oc3ccccc13)CC2. The lowest BCUT2D eigenvalue weighted by molar-refractivity contribution is 0.544. The monoisotopic (exact) mass is 224 g/mol. The van der Waals surface area contributed by atoms with E-state index >= 15 is 0 Å². The first-order valence-corrected chi connectivity index (χ1v) is 5.60. The van der Waals surface area contributed by atoms with E-state index in [1.165, 1.54) is 0 Å². The third-order valence-corrected chi connectivity index (χ3v) is 3.53. The van der Waals surface area contributed by atoms with Crippen molar-refractivity contribution in [3.63, 3.8) is 0 Å². The third kappa shape index (κ3) is 0.923. The van der Waals surface area contributed by atoms with Crippen molar-refractivity contribution in [3.05, 3.63) is 56.0 Å². The van der Waals surface area contributed by atoms with Crippen LogP contribution in [0.2, 0.25) is 0 Å². The molecule has 17 heavy (non-hydrogen) atoms. The van der Waals surface area contributed by atoms with Crippen molar-refractivity contribution in [2.75, 3.05) is 0 Å². The second-order valence-corrected chi connectivity index (χ2v) is 4.41. The Morgan fingerprint density at radius 2 is 1.76 bits per heavy atom. The van der Waals surface area contributed by atoms with Crippen molar-refractivity contribution in [3.8, 4) is 11.1 Å². The molecule has 0 amide bonds. The van der Waals surface area contributed by atoms with Gasteiger partial charge in [0.05, 0.1) is 0 Å². The lowest BCUT2D eigenvalue weighted by atomic mass is 9.84. The number of furan rings is 1. The Labute approximate surface area is 96.0 Å².